The molecule has 3 aliphatic heterocycles. The van der Waals surface area contributed by atoms with Crippen LogP contribution in [0.4, 0.5) is 0 Å². The van der Waals surface area contributed by atoms with Gasteiger partial charge in [-0.2, -0.15) is 0 Å². The van der Waals surface area contributed by atoms with Crippen LogP contribution in [0.5, 0.6) is 0 Å². The highest BCUT2D eigenvalue weighted by Crippen LogP contribution is 2.81. The summed E-state index contributed by atoms with van der Waals surface area (Å²) >= 11 is 0. The molecule has 0 amide bonds. The van der Waals surface area contributed by atoms with Crippen LogP contribution in [0.3, 0.4) is 0 Å². The molecule has 2 saturated heterocycles. The van der Waals surface area contributed by atoms with Gasteiger partial charge < -0.3 is 38.3 Å². The fraction of sp³-hybridized carbons (Fsp3) is 0.722. The number of hydrogen-bond donors (Lipinski definition) is 2. The standard InChI is InChI=1S/C36H48O12/c1-10-18(3)26(38)46-29-31(5,6)24(28(40)43-9)33(8)21-12-14-32(7)22(16-23(37)45-25(32)20-13-15-44-17-20)34(21)30(47-27(39)19(4)11-2)35(29,41)36(33,42)48-34/h13,15-19,21,24-25,29-30,41-42H,10-12,14H2,1-9H3/t18-,19-,21+,24-,25-,29-,30-,32+,33+,34+,35-,36+/m0/s1. The van der Waals surface area contributed by atoms with Gasteiger partial charge >= 0.3 is 23.9 Å². The van der Waals surface area contributed by atoms with Gasteiger partial charge in [-0.25, -0.2) is 4.79 Å². The Labute approximate surface area is 280 Å². The van der Waals surface area contributed by atoms with Crippen LogP contribution >= 0.6 is 0 Å². The summed E-state index contributed by atoms with van der Waals surface area (Å²) in [5.41, 5.74) is -7.48. The Bertz CT molecular complexity index is 1550. The summed E-state index contributed by atoms with van der Waals surface area (Å²) in [6.07, 6.45) is 1.68. The number of esters is 4. The molecule has 264 valence electrons. The van der Waals surface area contributed by atoms with E-state index in [1.807, 2.05) is 20.8 Å². The Morgan fingerprint density at radius 2 is 1.60 bits per heavy atom. The molecule has 1 aromatic rings. The number of carbonyl (C=O) groups excluding carboxylic acids is 4. The van der Waals surface area contributed by atoms with Crippen LogP contribution in [0, 0.1) is 39.9 Å². The molecule has 2 saturated carbocycles. The average molecular weight is 673 g/mol. The fourth-order valence-corrected chi connectivity index (χ4v) is 10.2. The van der Waals surface area contributed by atoms with Crippen molar-refractivity contribution in [3.8, 4) is 0 Å². The quantitative estimate of drug-likeness (QED) is 0.299. The van der Waals surface area contributed by atoms with E-state index in [0.29, 0.717) is 36.8 Å². The summed E-state index contributed by atoms with van der Waals surface area (Å²) in [6.45, 7) is 13.9. The predicted octanol–water partition coefficient (Wildman–Crippen LogP) is 4.17. The Hall–Kier alpha value is -3.22. The van der Waals surface area contributed by atoms with Gasteiger partial charge in [0.05, 0.1) is 37.4 Å². The van der Waals surface area contributed by atoms with Gasteiger partial charge in [0.1, 0.15) is 17.8 Å². The van der Waals surface area contributed by atoms with Crippen LogP contribution in [0.1, 0.15) is 92.7 Å². The van der Waals surface area contributed by atoms with Crippen molar-refractivity contribution in [3.05, 3.63) is 35.8 Å². The number of fused-ring (bicyclic) bond motifs is 2. The molecule has 2 bridgehead atoms. The van der Waals surface area contributed by atoms with Gasteiger partial charge in [-0.05, 0) is 37.3 Å². The largest absolute Gasteiger partial charge is 0.472 e. The van der Waals surface area contributed by atoms with Crippen LogP contribution in [0.15, 0.2) is 34.7 Å². The zero-order valence-electron chi connectivity index (χ0n) is 29.2. The number of cyclic esters (lactones) is 1. The third-order valence-electron chi connectivity index (χ3n) is 12.9. The van der Waals surface area contributed by atoms with Crippen molar-refractivity contribution in [2.75, 3.05) is 7.11 Å². The maximum Gasteiger partial charge on any atom is 0.331 e. The molecule has 2 N–H and O–H groups in total. The lowest BCUT2D eigenvalue weighted by Crippen LogP contribution is -2.85. The number of carbonyl (C=O) groups is 4. The van der Waals surface area contributed by atoms with E-state index < -0.39 is 99.1 Å². The molecular weight excluding hydrogens is 624 g/mol. The Kier molecular flexibility index (Phi) is 7.86. The fourth-order valence-electron chi connectivity index (χ4n) is 10.2. The molecule has 6 rings (SSSR count). The lowest BCUT2D eigenvalue weighted by Gasteiger charge is -2.68. The third-order valence-corrected chi connectivity index (χ3v) is 12.9. The van der Waals surface area contributed by atoms with Gasteiger partial charge in [-0.3, -0.25) is 14.4 Å². The molecule has 1 aromatic heterocycles. The van der Waals surface area contributed by atoms with E-state index in [4.69, 9.17) is 28.1 Å². The Morgan fingerprint density at radius 1 is 1.00 bits per heavy atom. The molecule has 0 unspecified atom stereocenters. The van der Waals surface area contributed by atoms with Crippen LogP contribution < -0.4 is 0 Å². The first-order valence-corrected chi connectivity index (χ1v) is 17.0. The van der Waals surface area contributed by atoms with E-state index in [1.165, 1.54) is 25.7 Å². The third kappa shape index (κ3) is 3.93. The van der Waals surface area contributed by atoms with Gasteiger partial charge in [-0.1, -0.05) is 55.4 Å². The molecule has 1 spiro atoms. The number of methoxy groups -OCH3 is 1. The molecule has 5 aliphatic rings. The number of rotatable bonds is 8. The molecule has 12 heteroatoms. The number of furan rings is 1. The number of ether oxygens (including phenoxy) is 5. The first-order chi connectivity index (χ1) is 22.4. The van der Waals surface area contributed by atoms with Crippen molar-refractivity contribution >= 4 is 23.9 Å². The van der Waals surface area contributed by atoms with Gasteiger partial charge in [0, 0.05) is 33.8 Å². The van der Waals surface area contributed by atoms with Crippen molar-refractivity contribution in [1.29, 1.82) is 0 Å². The van der Waals surface area contributed by atoms with E-state index in [2.05, 4.69) is 0 Å². The van der Waals surface area contributed by atoms with Crippen LogP contribution in [-0.2, 0) is 42.9 Å². The summed E-state index contributed by atoms with van der Waals surface area (Å²) in [6, 6.07) is 1.70. The van der Waals surface area contributed by atoms with E-state index in [9.17, 15) is 29.4 Å². The summed E-state index contributed by atoms with van der Waals surface area (Å²) in [5, 5.41) is 26.5. The minimum atomic E-state index is -2.63. The van der Waals surface area contributed by atoms with Crippen LogP contribution in [0.2, 0.25) is 0 Å². The van der Waals surface area contributed by atoms with Gasteiger partial charge in [0.15, 0.2) is 11.7 Å². The predicted molar refractivity (Wildman–Crippen MR) is 166 cm³/mol. The van der Waals surface area contributed by atoms with Gasteiger partial charge in [-0.15, -0.1) is 0 Å². The van der Waals surface area contributed by atoms with Crippen molar-refractivity contribution in [2.24, 2.45) is 39.9 Å². The maximum absolute atomic E-state index is 14.0. The van der Waals surface area contributed by atoms with E-state index >= 15 is 0 Å². The minimum absolute atomic E-state index is 0.312. The molecule has 0 radical (unpaired) electrons. The second kappa shape index (κ2) is 10.9. The molecule has 12 nitrogen and oxygen atoms in total. The summed E-state index contributed by atoms with van der Waals surface area (Å²) < 4.78 is 36.0. The smallest absolute Gasteiger partial charge is 0.331 e. The average Bonchev–Trinajstić information content (AvgIpc) is 3.69. The lowest BCUT2D eigenvalue weighted by atomic mass is 9.36. The van der Waals surface area contributed by atoms with E-state index in [1.54, 1.807) is 40.7 Å². The highest BCUT2D eigenvalue weighted by atomic mass is 16.7. The normalized spacial score (nSPS) is 43.2. The Balaban J connectivity index is 1.67. The molecule has 0 aromatic carbocycles. The van der Waals surface area contributed by atoms with Crippen molar-refractivity contribution < 1.29 is 57.5 Å². The van der Waals surface area contributed by atoms with Gasteiger partial charge in [0.2, 0.25) is 5.79 Å². The van der Waals surface area contributed by atoms with Crippen LogP contribution in [0.25, 0.3) is 0 Å². The summed E-state index contributed by atoms with van der Waals surface area (Å²) in [4.78, 5) is 54.9. The first kappa shape index (κ1) is 34.6. The van der Waals surface area contributed by atoms with Crippen LogP contribution in [-0.4, -0.2) is 70.4 Å². The molecule has 2 aliphatic carbocycles. The van der Waals surface area contributed by atoms with E-state index in [0.717, 1.165) is 0 Å². The second-order valence-corrected chi connectivity index (χ2v) is 15.6. The van der Waals surface area contributed by atoms with Gasteiger partial charge in [0.25, 0.3) is 0 Å². The molecule has 48 heavy (non-hydrogen) atoms. The van der Waals surface area contributed by atoms with E-state index in [-0.39, 0.29) is 0 Å². The highest BCUT2D eigenvalue weighted by molar-refractivity contribution is 5.86. The molecule has 4 heterocycles. The monoisotopic (exact) mass is 672 g/mol. The highest BCUT2D eigenvalue weighted by Gasteiger charge is 2.97. The first-order valence-electron chi connectivity index (χ1n) is 17.0. The zero-order chi connectivity index (χ0) is 35.4. The number of aliphatic hydroxyl groups is 2. The van der Waals surface area contributed by atoms with Crippen molar-refractivity contribution in [2.45, 2.75) is 116 Å². The topological polar surface area (TPSA) is 168 Å². The summed E-state index contributed by atoms with van der Waals surface area (Å²) in [5.74, 6) is -8.52. The van der Waals surface area contributed by atoms with Crippen molar-refractivity contribution in [3.63, 3.8) is 0 Å². The maximum atomic E-state index is 14.0. The molecule has 4 fully saturated rings. The number of hydrogen-bond acceptors (Lipinski definition) is 12. The molecular formula is C36H48O12. The summed E-state index contributed by atoms with van der Waals surface area (Å²) in [7, 11) is 1.24. The molecule has 12 atom stereocenters. The second-order valence-electron chi connectivity index (χ2n) is 15.6. The lowest BCUT2D eigenvalue weighted by molar-refractivity contribution is -0.382. The SMILES string of the molecule is CC[C@H](C)C(=O)O[C@H]1C(C)(C)[C@H](C(=O)OC)[C@@]2(C)[C@H]3CC[C@]4(C)C(=CC(=O)O[C@H]4c4ccoc4)[C@]34O[C@@]2(O)[C@@]1(O)[C@H]4OC(=O)[C@@H](C)CC. The minimum Gasteiger partial charge on any atom is -0.472 e. The zero-order valence-corrected chi connectivity index (χ0v) is 29.2. The van der Waals surface area contributed by atoms with Crippen molar-refractivity contribution in [1.82, 2.24) is 0 Å². The Morgan fingerprint density at radius 3 is 2.15 bits per heavy atom.